The van der Waals surface area contributed by atoms with Crippen molar-refractivity contribution in [3.63, 3.8) is 0 Å². The molecule has 0 bridgehead atoms. The van der Waals surface area contributed by atoms with E-state index in [2.05, 4.69) is 182 Å². The van der Waals surface area contributed by atoms with Crippen LogP contribution in [0.15, 0.2) is 182 Å². The molecule has 0 heterocycles. The van der Waals surface area contributed by atoms with Crippen LogP contribution in [0.4, 0.5) is 0 Å². The zero-order valence-electron chi connectivity index (χ0n) is 28.6. The summed E-state index contributed by atoms with van der Waals surface area (Å²) in [5.41, 5.74) is 25.4. The molecule has 0 aromatic heterocycles. The molecular weight excluding hydrogens is 625 g/mol. The molecule has 0 saturated carbocycles. The predicted octanol–water partition coefficient (Wildman–Crippen LogP) is 12.9. The van der Waals surface area contributed by atoms with E-state index in [0.717, 1.165) is 0 Å². The van der Waals surface area contributed by atoms with E-state index in [4.69, 9.17) is 0 Å². The largest absolute Gasteiger partial charge is 0.0619 e. The van der Waals surface area contributed by atoms with E-state index in [9.17, 15) is 0 Å². The van der Waals surface area contributed by atoms with Gasteiger partial charge >= 0.3 is 0 Å². The van der Waals surface area contributed by atoms with Crippen molar-refractivity contribution in [2.24, 2.45) is 0 Å². The first-order valence-corrected chi connectivity index (χ1v) is 18.7. The molecule has 8 aromatic carbocycles. The maximum atomic E-state index is 2.51. The Kier molecular flexibility index (Phi) is 5.82. The van der Waals surface area contributed by atoms with Crippen LogP contribution >= 0.6 is 0 Å². The van der Waals surface area contributed by atoms with Crippen LogP contribution < -0.4 is 0 Å². The maximum Gasteiger partial charge on any atom is 0.0358 e. The first kappa shape index (κ1) is 28.5. The number of fused-ring (bicyclic) bond motifs is 12. The van der Waals surface area contributed by atoms with E-state index in [-0.39, 0.29) is 23.7 Å². The summed E-state index contributed by atoms with van der Waals surface area (Å²) in [6.07, 6.45) is 0. The third-order valence-corrected chi connectivity index (χ3v) is 12.7. The van der Waals surface area contributed by atoms with Crippen LogP contribution in [-0.2, 0) is 0 Å². The van der Waals surface area contributed by atoms with Crippen molar-refractivity contribution in [2.45, 2.75) is 23.7 Å². The molecule has 0 spiro atoms. The van der Waals surface area contributed by atoms with Crippen molar-refractivity contribution in [3.8, 4) is 44.5 Å². The number of hydrogen-bond donors (Lipinski definition) is 0. The van der Waals surface area contributed by atoms with Gasteiger partial charge in [0.05, 0.1) is 0 Å². The fourth-order valence-corrected chi connectivity index (χ4v) is 10.8. The zero-order valence-corrected chi connectivity index (χ0v) is 28.6. The van der Waals surface area contributed by atoms with Gasteiger partial charge in [-0.3, -0.25) is 0 Å². The van der Waals surface area contributed by atoms with Crippen molar-refractivity contribution < 1.29 is 0 Å². The summed E-state index contributed by atoms with van der Waals surface area (Å²) >= 11 is 0. The molecule has 0 amide bonds. The van der Waals surface area contributed by atoms with E-state index in [1.807, 2.05) is 0 Å². The van der Waals surface area contributed by atoms with Gasteiger partial charge < -0.3 is 0 Å². The minimum atomic E-state index is 0.112. The fraction of sp³-hybridized carbons (Fsp3) is 0.0769. The lowest BCUT2D eigenvalue weighted by Gasteiger charge is -2.31. The lowest BCUT2D eigenvalue weighted by atomic mass is 9.71. The Hall–Kier alpha value is -6.24. The van der Waals surface area contributed by atoms with Gasteiger partial charge in [-0.2, -0.15) is 0 Å². The summed E-state index contributed by atoms with van der Waals surface area (Å²) in [7, 11) is 0. The van der Waals surface area contributed by atoms with Gasteiger partial charge in [-0.15, -0.1) is 0 Å². The van der Waals surface area contributed by atoms with Gasteiger partial charge in [0.2, 0.25) is 0 Å². The van der Waals surface area contributed by atoms with E-state index in [0.29, 0.717) is 0 Å². The Morgan fingerprint density at radius 3 is 0.923 bits per heavy atom. The third kappa shape index (κ3) is 3.66. The monoisotopic (exact) mass is 658 g/mol. The lowest BCUT2D eigenvalue weighted by molar-refractivity contribution is 0.709. The lowest BCUT2D eigenvalue weighted by Crippen LogP contribution is -2.17. The average Bonchev–Trinajstić information content (AvgIpc) is 3.93. The Morgan fingerprint density at radius 1 is 0.192 bits per heavy atom. The van der Waals surface area contributed by atoms with E-state index in [1.165, 1.54) is 100 Å². The summed E-state index contributed by atoms with van der Waals surface area (Å²) in [5, 5.41) is 0. The van der Waals surface area contributed by atoms with Crippen molar-refractivity contribution in [3.05, 3.63) is 238 Å². The summed E-state index contributed by atoms with van der Waals surface area (Å²) < 4.78 is 0. The third-order valence-electron chi connectivity index (χ3n) is 12.7. The molecule has 0 radical (unpaired) electrons. The Morgan fingerprint density at radius 2 is 0.500 bits per heavy atom. The molecular formula is C52H34. The van der Waals surface area contributed by atoms with Crippen LogP contribution in [0.1, 0.15) is 79.3 Å². The molecule has 242 valence electrons. The average molecular weight is 659 g/mol. The van der Waals surface area contributed by atoms with Crippen molar-refractivity contribution in [1.82, 2.24) is 0 Å². The van der Waals surface area contributed by atoms with E-state index >= 15 is 0 Å². The van der Waals surface area contributed by atoms with Crippen LogP contribution in [0.25, 0.3) is 44.5 Å². The summed E-state index contributed by atoms with van der Waals surface area (Å²) in [6.45, 7) is 0. The number of rotatable bonds is 3. The van der Waals surface area contributed by atoms with Crippen molar-refractivity contribution in [1.29, 1.82) is 0 Å². The molecule has 0 nitrogen and oxygen atoms in total. The Balaban J connectivity index is 1.23. The predicted molar refractivity (Wildman–Crippen MR) is 213 cm³/mol. The second-order valence-corrected chi connectivity index (χ2v) is 15.0. The molecule has 0 saturated heterocycles. The van der Waals surface area contributed by atoms with Gasteiger partial charge in [-0.1, -0.05) is 182 Å². The molecule has 4 aliphatic rings. The minimum absolute atomic E-state index is 0.112. The number of hydrogen-bond acceptors (Lipinski definition) is 0. The van der Waals surface area contributed by atoms with E-state index in [1.54, 1.807) is 0 Å². The molecule has 0 heteroatoms. The molecule has 0 N–H and O–H groups in total. The summed E-state index contributed by atoms with van der Waals surface area (Å²) in [5.74, 6) is 0.623. The normalized spacial score (nSPS) is 16.0. The molecule has 12 rings (SSSR count). The molecule has 1 unspecified atom stereocenters. The first-order valence-electron chi connectivity index (χ1n) is 18.7. The minimum Gasteiger partial charge on any atom is -0.0619 e. The molecule has 0 aliphatic heterocycles. The summed E-state index contributed by atoms with van der Waals surface area (Å²) in [6, 6.07) is 69.3. The quantitative estimate of drug-likeness (QED) is 0.177. The van der Waals surface area contributed by atoms with Gasteiger partial charge in [0.1, 0.15) is 0 Å². The first-order chi connectivity index (χ1) is 25.9. The molecule has 52 heavy (non-hydrogen) atoms. The number of benzene rings is 8. The van der Waals surface area contributed by atoms with Gasteiger partial charge in [-0.25, -0.2) is 0 Å². The Labute approximate surface area is 304 Å². The second-order valence-electron chi connectivity index (χ2n) is 15.0. The summed E-state index contributed by atoms with van der Waals surface area (Å²) in [4.78, 5) is 0. The van der Waals surface area contributed by atoms with Gasteiger partial charge in [0.25, 0.3) is 0 Å². The molecule has 4 aliphatic carbocycles. The molecule has 8 aromatic rings. The van der Waals surface area contributed by atoms with Crippen LogP contribution in [0.3, 0.4) is 0 Å². The van der Waals surface area contributed by atoms with Crippen LogP contribution in [0.5, 0.6) is 0 Å². The fourth-order valence-electron chi connectivity index (χ4n) is 10.8. The van der Waals surface area contributed by atoms with Crippen LogP contribution in [0.2, 0.25) is 0 Å². The van der Waals surface area contributed by atoms with Gasteiger partial charge in [0.15, 0.2) is 0 Å². The van der Waals surface area contributed by atoms with Crippen LogP contribution in [0, 0.1) is 0 Å². The van der Waals surface area contributed by atoms with Crippen molar-refractivity contribution >= 4 is 0 Å². The van der Waals surface area contributed by atoms with E-state index < -0.39 is 0 Å². The van der Waals surface area contributed by atoms with Crippen molar-refractivity contribution in [2.75, 3.05) is 0 Å². The SMILES string of the molecule is c1ccc2c(c1)-c1ccccc1C2c1ccc2c(c1C1c3ccccc3-c3ccccc31)C(C1c3ccccc3-c3ccccc31)c1ccccc1-2. The highest BCUT2D eigenvalue weighted by atomic mass is 14.5. The smallest absolute Gasteiger partial charge is 0.0358 e. The highest BCUT2D eigenvalue weighted by Gasteiger charge is 2.46. The van der Waals surface area contributed by atoms with Crippen LogP contribution in [-0.4, -0.2) is 0 Å². The molecule has 1 atom stereocenters. The molecule has 0 fully saturated rings. The highest BCUT2D eigenvalue weighted by Crippen LogP contribution is 2.63. The Bertz CT molecular complexity index is 2640. The maximum absolute atomic E-state index is 2.51. The topological polar surface area (TPSA) is 0 Å². The van der Waals surface area contributed by atoms with Gasteiger partial charge in [0, 0.05) is 23.7 Å². The van der Waals surface area contributed by atoms with Gasteiger partial charge in [-0.05, 0) is 100 Å². The highest BCUT2D eigenvalue weighted by molar-refractivity contribution is 5.90. The second kappa shape index (κ2) is 10.6. The standard InChI is InChI=1S/C52H34/c1-8-22-38-31(15-1)32-16-2-9-23-39(32)47(38)46-30-29-45-37-21-7-14-28-44(37)50(48-40-24-10-3-17-33(40)34-18-4-11-25-41(34)48)51(45)52(46)49-42-26-12-5-19-35(42)36-20-6-13-27-43(36)49/h1-30,47-50H. The zero-order chi connectivity index (χ0) is 33.9.